The normalized spacial score (nSPS) is 18.7. The maximum atomic E-state index is 13.0. The van der Waals surface area contributed by atoms with Gasteiger partial charge in [-0.15, -0.1) is 0 Å². The molecule has 0 saturated carbocycles. The first-order chi connectivity index (χ1) is 16.7. The molecule has 1 saturated heterocycles. The van der Waals surface area contributed by atoms with Gasteiger partial charge in [-0.05, 0) is 42.2 Å². The fourth-order valence-electron chi connectivity index (χ4n) is 5.11. The summed E-state index contributed by atoms with van der Waals surface area (Å²) in [4.78, 5) is 6.82. The fraction of sp³-hybridized carbons (Fsp3) is 0.333. The molecule has 1 aliphatic heterocycles. The van der Waals surface area contributed by atoms with Crippen molar-refractivity contribution in [2.75, 3.05) is 19.6 Å². The molecule has 0 bridgehead atoms. The highest BCUT2D eigenvalue weighted by atomic mass is 19.4. The van der Waals surface area contributed by atoms with Crippen LogP contribution in [0.1, 0.15) is 30.2 Å². The van der Waals surface area contributed by atoms with Gasteiger partial charge < -0.3 is 5.11 Å². The molecule has 5 rings (SSSR count). The van der Waals surface area contributed by atoms with E-state index in [0.717, 1.165) is 43.8 Å². The standard InChI is InChI=1S/C27H27F3N4O/c1-26(15-19-5-3-2-4-6-19,18-33-14-12-22(35)17-33)24-11-13-31-25-23(16-32-34(24)25)20-7-9-21(10-8-20)27(28,29)30/h2-11,13,16,22,35H,12,14-15,17-18H2,1H3. The molecule has 1 aliphatic rings. The van der Waals surface area contributed by atoms with E-state index in [-0.39, 0.29) is 11.5 Å². The van der Waals surface area contributed by atoms with Crippen LogP contribution in [0.5, 0.6) is 0 Å². The minimum absolute atomic E-state index is 0.315. The molecule has 35 heavy (non-hydrogen) atoms. The Hall–Kier alpha value is -3.23. The Morgan fingerprint density at radius 1 is 1.03 bits per heavy atom. The number of nitrogens with zero attached hydrogens (tertiary/aromatic N) is 4. The highest BCUT2D eigenvalue weighted by molar-refractivity contribution is 5.77. The molecule has 182 valence electrons. The molecule has 2 aromatic heterocycles. The predicted octanol–water partition coefficient (Wildman–Crippen LogP) is 4.98. The zero-order valence-electron chi connectivity index (χ0n) is 19.4. The molecule has 4 aromatic rings. The maximum Gasteiger partial charge on any atom is 0.416 e. The van der Waals surface area contributed by atoms with Gasteiger partial charge in [-0.1, -0.05) is 49.4 Å². The molecule has 1 N–H and O–H groups in total. The summed E-state index contributed by atoms with van der Waals surface area (Å²) in [5.41, 5.74) is 3.03. The molecular weight excluding hydrogens is 453 g/mol. The number of hydrogen-bond donors (Lipinski definition) is 1. The first-order valence-electron chi connectivity index (χ1n) is 11.7. The van der Waals surface area contributed by atoms with Crippen molar-refractivity contribution in [3.05, 3.63) is 89.9 Å². The van der Waals surface area contributed by atoms with Gasteiger partial charge in [0.25, 0.3) is 0 Å². The van der Waals surface area contributed by atoms with Gasteiger partial charge in [0.2, 0.25) is 0 Å². The molecule has 2 aromatic carbocycles. The lowest BCUT2D eigenvalue weighted by molar-refractivity contribution is -0.137. The molecule has 1 fully saturated rings. The maximum absolute atomic E-state index is 13.0. The topological polar surface area (TPSA) is 53.7 Å². The third-order valence-electron chi connectivity index (χ3n) is 6.80. The Kier molecular flexibility index (Phi) is 6.11. The first kappa shape index (κ1) is 23.5. The van der Waals surface area contributed by atoms with E-state index in [9.17, 15) is 18.3 Å². The lowest BCUT2D eigenvalue weighted by atomic mass is 9.79. The number of hydrogen-bond acceptors (Lipinski definition) is 4. The Morgan fingerprint density at radius 2 is 1.77 bits per heavy atom. The molecule has 3 heterocycles. The molecule has 0 amide bonds. The molecular formula is C27H27F3N4O. The summed E-state index contributed by atoms with van der Waals surface area (Å²) in [6.07, 6.45) is 0.221. The Morgan fingerprint density at radius 3 is 2.43 bits per heavy atom. The van der Waals surface area contributed by atoms with E-state index in [1.165, 1.54) is 17.7 Å². The van der Waals surface area contributed by atoms with Crippen molar-refractivity contribution < 1.29 is 18.3 Å². The quantitative estimate of drug-likeness (QED) is 0.423. The largest absolute Gasteiger partial charge is 0.416 e. The number of alkyl halides is 3. The number of aromatic nitrogens is 3. The van der Waals surface area contributed by atoms with Crippen molar-refractivity contribution in [2.24, 2.45) is 0 Å². The van der Waals surface area contributed by atoms with Crippen molar-refractivity contribution in [3.63, 3.8) is 0 Å². The smallest absolute Gasteiger partial charge is 0.392 e. The van der Waals surface area contributed by atoms with E-state index in [4.69, 9.17) is 0 Å². The Labute approximate surface area is 201 Å². The predicted molar refractivity (Wildman–Crippen MR) is 128 cm³/mol. The van der Waals surface area contributed by atoms with E-state index in [1.54, 1.807) is 12.4 Å². The van der Waals surface area contributed by atoms with E-state index in [0.29, 0.717) is 23.3 Å². The van der Waals surface area contributed by atoms with Crippen molar-refractivity contribution >= 4 is 5.65 Å². The zero-order chi connectivity index (χ0) is 24.6. The van der Waals surface area contributed by atoms with Crippen molar-refractivity contribution in [3.8, 4) is 11.1 Å². The van der Waals surface area contributed by atoms with Gasteiger partial charge in [-0.2, -0.15) is 18.3 Å². The molecule has 0 aliphatic carbocycles. The summed E-state index contributed by atoms with van der Waals surface area (Å²) in [6.45, 7) is 4.39. The van der Waals surface area contributed by atoms with E-state index >= 15 is 0 Å². The third-order valence-corrected chi connectivity index (χ3v) is 6.80. The second-order valence-corrected chi connectivity index (χ2v) is 9.60. The SMILES string of the molecule is CC(Cc1ccccc1)(CN1CCC(O)C1)c1ccnc2c(-c3ccc(C(F)(F)F)cc3)cnn12. The van der Waals surface area contributed by atoms with Gasteiger partial charge in [0.05, 0.1) is 23.6 Å². The number of benzene rings is 2. The van der Waals surface area contributed by atoms with Crippen LogP contribution >= 0.6 is 0 Å². The number of β-amino-alcohol motifs (C(OH)–C–C–N with tert-alkyl or cyclic N) is 1. The van der Waals surface area contributed by atoms with Gasteiger partial charge in [0.1, 0.15) is 0 Å². The van der Waals surface area contributed by atoms with Crippen molar-refractivity contribution in [1.29, 1.82) is 0 Å². The van der Waals surface area contributed by atoms with E-state index in [2.05, 4.69) is 34.0 Å². The summed E-state index contributed by atoms with van der Waals surface area (Å²) >= 11 is 0. The van der Waals surface area contributed by atoms with Crippen LogP contribution < -0.4 is 0 Å². The molecule has 8 heteroatoms. The summed E-state index contributed by atoms with van der Waals surface area (Å²) in [5.74, 6) is 0. The molecule has 0 spiro atoms. The number of rotatable bonds is 6. The number of aliphatic hydroxyl groups is 1. The monoisotopic (exact) mass is 480 g/mol. The average molecular weight is 481 g/mol. The third kappa shape index (κ3) is 4.81. The first-order valence-corrected chi connectivity index (χ1v) is 11.7. The minimum atomic E-state index is -4.38. The zero-order valence-corrected chi connectivity index (χ0v) is 19.4. The Balaban J connectivity index is 1.56. The minimum Gasteiger partial charge on any atom is -0.392 e. The van der Waals surface area contributed by atoms with Crippen LogP contribution in [0.3, 0.4) is 0 Å². The van der Waals surface area contributed by atoms with Crippen LogP contribution in [-0.2, 0) is 18.0 Å². The van der Waals surface area contributed by atoms with Gasteiger partial charge in [0.15, 0.2) is 5.65 Å². The highest BCUT2D eigenvalue weighted by Gasteiger charge is 2.35. The van der Waals surface area contributed by atoms with Crippen LogP contribution in [0, 0.1) is 0 Å². The van der Waals surface area contributed by atoms with E-state index < -0.39 is 11.7 Å². The number of aliphatic hydroxyl groups excluding tert-OH is 1. The number of likely N-dealkylation sites (tertiary alicyclic amines) is 1. The van der Waals surface area contributed by atoms with Crippen LogP contribution in [0.25, 0.3) is 16.8 Å². The lowest BCUT2D eigenvalue weighted by Crippen LogP contribution is -2.41. The lowest BCUT2D eigenvalue weighted by Gasteiger charge is -2.34. The van der Waals surface area contributed by atoms with Crippen molar-refractivity contribution in [2.45, 2.75) is 37.5 Å². The van der Waals surface area contributed by atoms with Gasteiger partial charge in [0, 0.05) is 36.8 Å². The highest BCUT2D eigenvalue weighted by Crippen LogP contribution is 2.34. The molecule has 2 atom stereocenters. The number of halogens is 3. The second-order valence-electron chi connectivity index (χ2n) is 9.60. The van der Waals surface area contributed by atoms with Gasteiger partial charge in [-0.25, -0.2) is 9.50 Å². The summed E-state index contributed by atoms with van der Waals surface area (Å²) in [6, 6.07) is 17.3. The average Bonchev–Trinajstić information content (AvgIpc) is 3.45. The summed E-state index contributed by atoms with van der Waals surface area (Å²) in [5, 5.41) is 14.7. The van der Waals surface area contributed by atoms with Crippen LogP contribution in [0.2, 0.25) is 0 Å². The summed E-state index contributed by atoms with van der Waals surface area (Å²) < 4.78 is 40.9. The molecule has 0 radical (unpaired) electrons. The van der Waals surface area contributed by atoms with Crippen molar-refractivity contribution in [1.82, 2.24) is 19.5 Å². The van der Waals surface area contributed by atoms with Crippen LogP contribution in [0.15, 0.2) is 73.1 Å². The van der Waals surface area contributed by atoms with E-state index in [1.807, 2.05) is 28.8 Å². The summed E-state index contributed by atoms with van der Waals surface area (Å²) in [7, 11) is 0. The fourth-order valence-corrected chi connectivity index (χ4v) is 5.11. The Bertz CT molecular complexity index is 1300. The van der Waals surface area contributed by atoms with Gasteiger partial charge in [-0.3, -0.25) is 4.90 Å². The second kappa shape index (κ2) is 9.09. The van der Waals surface area contributed by atoms with Gasteiger partial charge >= 0.3 is 6.18 Å². The molecule has 5 nitrogen and oxygen atoms in total. The van der Waals surface area contributed by atoms with Crippen LogP contribution in [0.4, 0.5) is 13.2 Å². The molecule has 2 unspecified atom stereocenters. The number of fused-ring (bicyclic) bond motifs is 1. The van der Waals surface area contributed by atoms with Crippen LogP contribution in [-0.4, -0.2) is 50.3 Å².